The van der Waals surface area contributed by atoms with Crippen molar-refractivity contribution < 1.29 is 19.3 Å². The first-order valence-corrected chi connectivity index (χ1v) is 11.3. The standard InChI is InChI=1S/C22H40N2O4/c1-16-8-6-5-7-9-17(2)22(16)26-21(27-28-22)12-10-18(11-13-21)14-19(25)24-15-20(3,4)23/h16-18H,5-15,23H2,1-4H3,(H,24,25)/t16-,17-,18?,21?/m1/s1. The number of nitrogens with one attached hydrogen (secondary N) is 1. The Balaban J connectivity index is 1.53. The maximum absolute atomic E-state index is 12.2. The molecule has 3 fully saturated rings. The predicted molar refractivity (Wildman–Crippen MR) is 108 cm³/mol. The molecule has 6 heteroatoms. The lowest BCUT2D eigenvalue weighted by Crippen LogP contribution is -2.48. The fourth-order valence-corrected chi connectivity index (χ4v) is 4.96. The topological polar surface area (TPSA) is 82.8 Å². The minimum Gasteiger partial charge on any atom is -0.354 e. The average molecular weight is 397 g/mol. The van der Waals surface area contributed by atoms with E-state index in [4.69, 9.17) is 20.2 Å². The molecule has 0 bridgehead atoms. The third-order valence-electron chi connectivity index (χ3n) is 6.90. The smallest absolute Gasteiger partial charge is 0.220 e. The molecule has 28 heavy (non-hydrogen) atoms. The van der Waals surface area contributed by atoms with Crippen molar-refractivity contribution in [2.24, 2.45) is 23.5 Å². The van der Waals surface area contributed by atoms with Gasteiger partial charge in [0.2, 0.25) is 17.5 Å². The number of carbonyl (C=O) groups is 1. The van der Waals surface area contributed by atoms with Crippen LogP contribution in [0.15, 0.2) is 0 Å². The maximum Gasteiger partial charge on any atom is 0.220 e. The van der Waals surface area contributed by atoms with E-state index in [2.05, 4.69) is 19.2 Å². The highest BCUT2D eigenvalue weighted by molar-refractivity contribution is 5.76. The van der Waals surface area contributed by atoms with Crippen LogP contribution in [0.25, 0.3) is 0 Å². The molecule has 2 saturated carbocycles. The second-order valence-electron chi connectivity index (χ2n) is 10.3. The molecule has 1 heterocycles. The summed E-state index contributed by atoms with van der Waals surface area (Å²) in [6, 6.07) is 0. The Hall–Kier alpha value is -0.690. The highest BCUT2D eigenvalue weighted by Gasteiger charge is 2.58. The monoisotopic (exact) mass is 396 g/mol. The van der Waals surface area contributed by atoms with Gasteiger partial charge in [0.05, 0.1) is 0 Å². The minimum atomic E-state index is -0.631. The SMILES string of the molecule is C[C@@H]1CCCCC[C@@H](C)C12OOC1(CCC(CC(=O)NCC(C)(C)N)CC1)O2. The van der Waals surface area contributed by atoms with Crippen molar-refractivity contribution >= 4 is 5.91 Å². The zero-order chi connectivity index (χ0) is 20.4. The normalized spacial score (nSPS) is 36.2. The van der Waals surface area contributed by atoms with Crippen LogP contribution in [0.4, 0.5) is 0 Å². The highest BCUT2D eigenvalue weighted by atomic mass is 17.3. The third-order valence-corrected chi connectivity index (χ3v) is 6.90. The van der Waals surface area contributed by atoms with Gasteiger partial charge in [-0.3, -0.25) is 4.79 Å². The van der Waals surface area contributed by atoms with Crippen molar-refractivity contribution in [3.8, 4) is 0 Å². The lowest BCUT2D eigenvalue weighted by molar-refractivity contribution is -0.372. The van der Waals surface area contributed by atoms with Crippen LogP contribution in [0.3, 0.4) is 0 Å². The average Bonchev–Trinajstić information content (AvgIpc) is 3.01. The van der Waals surface area contributed by atoms with Gasteiger partial charge in [0, 0.05) is 43.2 Å². The van der Waals surface area contributed by atoms with Crippen molar-refractivity contribution in [3.05, 3.63) is 0 Å². The molecule has 0 unspecified atom stereocenters. The molecule has 0 aromatic heterocycles. The summed E-state index contributed by atoms with van der Waals surface area (Å²) in [5.41, 5.74) is 5.56. The minimum absolute atomic E-state index is 0.0858. The van der Waals surface area contributed by atoms with E-state index in [0.717, 1.165) is 38.5 Å². The summed E-state index contributed by atoms with van der Waals surface area (Å²) >= 11 is 0. The first-order valence-electron chi connectivity index (χ1n) is 11.3. The molecule has 1 amide bonds. The Kier molecular flexibility index (Phi) is 6.75. The van der Waals surface area contributed by atoms with Crippen molar-refractivity contribution in [2.45, 2.75) is 109 Å². The summed E-state index contributed by atoms with van der Waals surface area (Å²) < 4.78 is 6.66. The Morgan fingerprint density at radius 2 is 1.64 bits per heavy atom. The molecule has 0 aromatic rings. The van der Waals surface area contributed by atoms with Gasteiger partial charge in [0.15, 0.2) is 0 Å². The molecule has 2 aliphatic carbocycles. The Morgan fingerprint density at radius 1 is 1.04 bits per heavy atom. The third kappa shape index (κ3) is 5.07. The van der Waals surface area contributed by atoms with Crippen molar-refractivity contribution in [2.75, 3.05) is 6.54 Å². The molecule has 0 radical (unpaired) electrons. The predicted octanol–water partition coefficient (Wildman–Crippen LogP) is 4.03. The molecule has 0 aromatic carbocycles. The molecule has 1 aliphatic heterocycles. The van der Waals surface area contributed by atoms with Gasteiger partial charge in [-0.05, 0) is 45.4 Å². The number of hydrogen-bond acceptors (Lipinski definition) is 5. The van der Waals surface area contributed by atoms with E-state index in [0.29, 0.717) is 30.7 Å². The number of amides is 1. The quantitative estimate of drug-likeness (QED) is 0.701. The van der Waals surface area contributed by atoms with Gasteiger partial charge < -0.3 is 15.8 Å². The Labute approximate surface area is 170 Å². The first-order chi connectivity index (χ1) is 13.1. The van der Waals surface area contributed by atoms with Crippen LogP contribution < -0.4 is 11.1 Å². The molecular formula is C22H40N2O4. The van der Waals surface area contributed by atoms with Gasteiger partial charge in [0.25, 0.3) is 0 Å². The maximum atomic E-state index is 12.2. The van der Waals surface area contributed by atoms with E-state index < -0.39 is 11.6 Å². The van der Waals surface area contributed by atoms with Gasteiger partial charge in [-0.15, -0.1) is 0 Å². The molecule has 2 atom stereocenters. The second kappa shape index (κ2) is 8.58. The van der Waals surface area contributed by atoms with Gasteiger partial charge in [-0.1, -0.05) is 33.1 Å². The van der Waals surface area contributed by atoms with E-state index in [1.54, 1.807) is 0 Å². The van der Waals surface area contributed by atoms with Crippen LogP contribution >= 0.6 is 0 Å². The van der Waals surface area contributed by atoms with Gasteiger partial charge >= 0.3 is 0 Å². The van der Waals surface area contributed by atoms with Crippen LogP contribution in [-0.4, -0.2) is 29.6 Å². The van der Waals surface area contributed by atoms with E-state index in [1.807, 2.05) is 13.8 Å². The molecule has 2 spiro atoms. The summed E-state index contributed by atoms with van der Waals surface area (Å²) in [5, 5.41) is 2.95. The van der Waals surface area contributed by atoms with Crippen LogP contribution in [0, 0.1) is 17.8 Å². The van der Waals surface area contributed by atoms with Gasteiger partial charge in [-0.2, -0.15) is 9.78 Å². The molecule has 1 saturated heterocycles. The van der Waals surface area contributed by atoms with E-state index in [9.17, 15) is 4.79 Å². The Bertz CT molecular complexity index is 525. The summed E-state index contributed by atoms with van der Waals surface area (Å²) in [4.78, 5) is 24.1. The molecule has 3 N–H and O–H groups in total. The fourth-order valence-electron chi connectivity index (χ4n) is 4.96. The fraction of sp³-hybridized carbons (Fsp3) is 0.955. The summed E-state index contributed by atoms with van der Waals surface area (Å²) in [6.45, 7) is 8.80. The zero-order valence-electron chi connectivity index (χ0n) is 18.2. The molecule has 3 rings (SSSR count). The number of ether oxygens (including phenoxy) is 1. The molecule has 162 valence electrons. The summed E-state index contributed by atoms with van der Waals surface area (Å²) in [6.07, 6.45) is 9.94. The van der Waals surface area contributed by atoms with Gasteiger partial charge in [0.1, 0.15) is 0 Å². The molecule has 6 nitrogen and oxygen atoms in total. The van der Waals surface area contributed by atoms with Crippen LogP contribution in [0.2, 0.25) is 0 Å². The number of hydrogen-bond donors (Lipinski definition) is 2. The van der Waals surface area contributed by atoms with Crippen LogP contribution in [0.1, 0.15) is 91.9 Å². The van der Waals surface area contributed by atoms with E-state index >= 15 is 0 Å². The van der Waals surface area contributed by atoms with Crippen LogP contribution in [-0.2, 0) is 19.3 Å². The van der Waals surface area contributed by atoms with Gasteiger partial charge in [-0.25, -0.2) is 0 Å². The lowest BCUT2D eigenvalue weighted by atomic mass is 9.79. The molecule has 3 aliphatic rings. The number of nitrogens with two attached hydrogens (primary N) is 1. The first kappa shape index (κ1) is 22.0. The largest absolute Gasteiger partial charge is 0.354 e. The summed E-state index contributed by atoms with van der Waals surface area (Å²) in [5.74, 6) is -0.147. The van der Waals surface area contributed by atoms with Crippen molar-refractivity contribution in [1.82, 2.24) is 5.32 Å². The van der Waals surface area contributed by atoms with E-state index in [1.165, 1.54) is 19.3 Å². The van der Waals surface area contributed by atoms with Crippen molar-refractivity contribution in [3.63, 3.8) is 0 Å². The molecular weight excluding hydrogens is 356 g/mol. The lowest BCUT2D eigenvalue weighted by Gasteiger charge is -2.41. The zero-order valence-corrected chi connectivity index (χ0v) is 18.2. The van der Waals surface area contributed by atoms with Crippen molar-refractivity contribution in [1.29, 1.82) is 0 Å². The second-order valence-corrected chi connectivity index (χ2v) is 10.3. The van der Waals surface area contributed by atoms with E-state index in [-0.39, 0.29) is 11.4 Å². The highest BCUT2D eigenvalue weighted by Crippen LogP contribution is 2.52. The summed E-state index contributed by atoms with van der Waals surface area (Å²) in [7, 11) is 0. The Morgan fingerprint density at radius 3 is 2.21 bits per heavy atom. The number of carbonyl (C=O) groups excluding carboxylic acids is 1. The number of rotatable bonds is 4. The van der Waals surface area contributed by atoms with Crippen LogP contribution in [0.5, 0.6) is 0 Å².